The zero-order chi connectivity index (χ0) is 19.0. The molecule has 2 fully saturated rings. The Morgan fingerprint density at radius 2 is 2.22 bits per heavy atom. The second-order valence-electron chi connectivity index (χ2n) is 6.94. The minimum absolute atomic E-state index is 0.0744. The molecular weight excluding hydrogens is 346 g/mol. The number of carbonyl (C=O) groups is 2. The van der Waals surface area contributed by atoms with Crippen LogP contribution in [-0.2, 0) is 6.42 Å². The molecule has 3 amide bonds. The van der Waals surface area contributed by atoms with Gasteiger partial charge in [-0.15, -0.1) is 0 Å². The van der Waals surface area contributed by atoms with E-state index in [2.05, 4.69) is 15.5 Å². The number of urea groups is 1. The van der Waals surface area contributed by atoms with Crippen LogP contribution in [0.15, 0.2) is 22.7 Å². The number of likely N-dealkylation sites (tertiary alicyclic amines) is 1. The van der Waals surface area contributed by atoms with Crippen molar-refractivity contribution in [1.29, 1.82) is 0 Å². The van der Waals surface area contributed by atoms with Gasteiger partial charge in [-0.2, -0.15) is 4.98 Å². The number of hydrogen-bond acceptors (Lipinski definition) is 5. The van der Waals surface area contributed by atoms with Crippen LogP contribution in [0.3, 0.4) is 0 Å². The van der Waals surface area contributed by atoms with Gasteiger partial charge >= 0.3 is 6.03 Å². The second-order valence-corrected chi connectivity index (χ2v) is 6.94. The summed E-state index contributed by atoms with van der Waals surface area (Å²) in [5, 5.41) is 6.76. The number of amides is 3. The molecule has 1 aromatic carbocycles. The molecule has 2 saturated heterocycles. The number of hydrogen-bond donors (Lipinski definition) is 1. The molecule has 0 aliphatic carbocycles. The maximum atomic E-state index is 13.2. The minimum Gasteiger partial charge on any atom is -0.337 e. The predicted molar refractivity (Wildman–Crippen MR) is 98.6 cm³/mol. The molecule has 0 spiro atoms. The molecule has 0 radical (unpaired) electrons. The third-order valence-electron chi connectivity index (χ3n) is 5.20. The molecule has 0 unspecified atom stereocenters. The van der Waals surface area contributed by atoms with Crippen molar-refractivity contribution in [2.24, 2.45) is 0 Å². The van der Waals surface area contributed by atoms with E-state index >= 15 is 0 Å². The first-order valence-electron chi connectivity index (χ1n) is 9.38. The summed E-state index contributed by atoms with van der Waals surface area (Å²) in [5.41, 5.74) is 2.31. The van der Waals surface area contributed by atoms with Crippen LogP contribution in [0.25, 0.3) is 0 Å². The Morgan fingerprint density at radius 1 is 1.37 bits per heavy atom. The highest BCUT2D eigenvalue weighted by Crippen LogP contribution is 2.33. The third-order valence-corrected chi connectivity index (χ3v) is 5.20. The Hall–Kier alpha value is -2.90. The van der Waals surface area contributed by atoms with Crippen LogP contribution >= 0.6 is 0 Å². The SMILES string of the molecule is CCc1noc([C@@H]2CCCN2C(=O)c2ccc(C)c(N3CCNC3=O)c2)n1. The van der Waals surface area contributed by atoms with E-state index in [4.69, 9.17) is 4.52 Å². The van der Waals surface area contributed by atoms with Crippen LogP contribution in [0.4, 0.5) is 10.5 Å². The summed E-state index contributed by atoms with van der Waals surface area (Å²) in [6.45, 7) is 5.78. The summed E-state index contributed by atoms with van der Waals surface area (Å²) in [6.07, 6.45) is 2.40. The van der Waals surface area contributed by atoms with Gasteiger partial charge in [0.25, 0.3) is 5.91 Å². The maximum Gasteiger partial charge on any atom is 0.322 e. The Bertz CT molecular complexity index is 878. The predicted octanol–water partition coefficient (Wildman–Crippen LogP) is 2.45. The summed E-state index contributed by atoms with van der Waals surface area (Å²) in [4.78, 5) is 33.1. The minimum atomic E-state index is -0.190. The van der Waals surface area contributed by atoms with E-state index in [9.17, 15) is 9.59 Å². The van der Waals surface area contributed by atoms with Gasteiger partial charge in [-0.1, -0.05) is 18.1 Å². The zero-order valence-corrected chi connectivity index (χ0v) is 15.6. The Labute approximate surface area is 157 Å². The molecule has 8 nitrogen and oxygen atoms in total. The fraction of sp³-hybridized carbons (Fsp3) is 0.474. The van der Waals surface area contributed by atoms with Crippen molar-refractivity contribution < 1.29 is 14.1 Å². The van der Waals surface area contributed by atoms with E-state index in [1.165, 1.54) is 0 Å². The summed E-state index contributed by atoms with van der Waals surface area (Å²) in [7, 11) is 0. The number of nitrogens with one attached hydrogen (secondary N) is 1. The van der Waals surface area contributed by atoms with Gasteiger partial charge in [-0.25, -0.2) is 4.79 Å². The van der Waals surface area contributed by atoms with Crippen molar-refractivity contribution in [1.82, 2.24) is 20.4 Å². The van der Waals surface area contributed by atoms with E-state index in [1.807, 2.05) is 32.0 Å². The van der Waals surface area contributed by atoms with Gasteiger partial charge in [0.15, 0.2) is 5.82 Å². The van der Waals surface area contributed by atoms with E-state index in [0.717, 1.165) is 24.1 Å². The standard InChI is InChI=1S/C19H23N5O3/c1-3-16-21-17(27-22-16)14-5-4-9-23(14)18(25)13-7-6-12(2)15(11-13)24-10-8-20-19(24)26/h6-7,11,14H,3-5,8-10H2,1-2H3,(H,20,26)/t14-/m0/s1. The third kappa shape index (κ3) is 3.15. The Morgan fingerprint density at radius 3 is 2.93 bits per heavy atom. The molecule has 2 aliphatic rings. The normalized spacial score (nSPS) is 19.6. The summed E-state index contributed by atoms with van der Waals surface area (Å²) < 4.78 is 5.38. The molecule has 142 valence electrons. The Balaban J connectivity index is 1.61. The van der Waals surface area contributed by atoms with Gasteiger partial charge in [0, 0.05) is 37.3 Å². The summed E-state index contributed by atoms with van der Waals surface area (Å²) >= 11 is 0. The quantitative estimate of drug-likeness (QED) is 0.894. The average Bonchev–Trinajstić information content (AvgIpc) is 3.41. The highest BCUT2D eigenvalue weighted by Gasteiger charge is 2.35. The van der Waals surface area contributed by atoms with Crippen LogP contribution in [0.1, 0.15) is 53.4 Å². The number of benzene rings is 1. The highest BCUT2D eigenvalue weighted by molar-refractivity contribution is 5.99. The lowest BCUT2D eigenvalue weighted by Gasteiger charge is -2.23. The lowest BCUT2D eigenvalue weighted by Crippen LogP contribution is -2.32. The molecule has 1 N–H and O–H groups in total. The topological polar surface area (TPSA) is 91.6 Å². The van der Waals surface area contributed by atoms with Crippen molar-refractivity contribution >= 4 is 17.6 Å². The number of rotatable bonds is 4. The molecule has 1 aromatic heterocycles. The molecule has 3 heterocycles. The van der Waals surface area contributed by atoms with E-state index in [1.54, 1.807) is 9.80 Å². The van der Waals surface area contributed by atoms with E-state index in [-0.39, 0.29) is 18.0 Å². The smallest absolute Gasteiger partial charge is 0.322 e. The van der Waals surface area contributed by atoms with Crippen molar-refractivity contribution in [3.63, 3.8) is 0 Å². The van der Waals surface area contributed by atoms with Crippen molar-refractivity contribution in [2.45, 2.75) is 39.2 Å². The van der Waals surface area contributed by atoms with E-state index < -0.39 is 0 Å². The first kappa shape index (κ1) is 17.5. The molecule has 8 heteroatoms. The monoisotopic (exact) mass is 369 g/mol. The zero-order valence-electron chi connectivity index (χ0n) is 15.6. The van der Waals surface area contributed by atoms with Crippen molar-refractivity contribution in [3.05, 3.63) is 41.0 Å². The van der Waals surface area contributed by atoms with Gasteiger partial charge in [0.2, 0.25) is 5.89 Å². The molecule has 27 heavy (non-hydrogen) atoms. The highest BCUT2D eigenvalue weighted by atomic mass is 16.5. The Kier molecular flexibility index (Phi) is 4.55. The van der Waals surface area contributed by atoms with Crippen LogP contribution in [0.2, 0.25) is 0 Å². The van der Waals surface area contributed by atoms with Crippen LogP contribution in [0.5, 0.6) is 0 Å². The van der Waals surface area contributed by atoms with Crippen molar-refractivity contribution in [3.8, 4) is 0 Å². The van der Waals surface area contributed by atoms with Gasteiger partial charge in [-0.05, 0) is 37.5 Å². The van der Waals surface area contributed by atoms with Gasteiger partial charge in [-0.3, -0.25) is 9.69 Å². The first-order valence-corrected chi connectivity index (χ1v) is 9.38. The average molecular weight is 369 g/mol. The fourth-order valence-corrected chi connectivity index (χ4v) is 3.71. The molecule has 2 aromatic rings. The molecular formula is C19H23N5O3. The lowest BCUT2D eigenvalue weighted by molar-refractivity contribution is 0.0710. The first-order chi connectivity index (χ1) is 13.1. The largest absolute Gasteiger partial charge is 0.337 e. The van der Waals surface area contributed by atoms with Gasteiger partial charge in [0.1, 0.15) is 6.04 Å². The fourth-order valence-electron chi connectivity index (χ4n) is 3.71. The van der Waals surface area contributed by atoms with Crippen LogP contribution in [0, 0.1) is 6.92 Å². The number of nitrogens with zero attached hydrogens (tertiary/aromatic N) is 4. The van der Waals surface area contributed by atoms with Crippen LogP contribution in [-0.4, -0.2) is 46.6 Å². The van der Waals surface area contributed by atoms with Crippen LogP contribution < -0.4 is 10.2 Å². The van der Waals surface area contributed by atoms with Crippen molar-refractivity contribution in [2.75, 3.05) is 24.5 Å². The molecule has 2 aliphatic heterocycles. The lowest BCUT2D eigenvalue weighted by atomic mass is 10.1. The molecule has 4 rings (SSSR count). The number of carbonyl (C=O) groups excluding carboxylic acids is 2. The molecule has 0 bridgehead atoms. The number of aromatic nitrogens is 2. The maximum absolute atomic E-state index is 13.2. The number of anilines is 1. The van der Waals surface area contributed by atoms with Gasteiger partial charge in [0.05, 0.1) is 0 Å². The van der Waals surface area contributed by atoms with E-state index in [0.29, 0.717) is 43.3 Å². The molecule has 0 saturated carbocycles. The second kappa shape index (κ2) is 7.02. The molecule has 1 atom stereocenters. The number of aryl methyl sites for hydroxylation is 2. The van der Waals surface area contributed by atoms with Gasteiger partial charge < -0.3 is 14.7 Å². The summed E-state index contributed by atoms with van der Waals surface area (Å²) in [5.74, 6) is 1.08. The summed E-state index contributed by atoms with van der Waals surface area (Å²) in [6, 6.07) is 5.20.